The van der Waals surface area contributed by atoms with Crippen molar-refractivity contribution in [2.45, 2.75) is 32.7 Å². The molecular formula is C11H22N4. The summed E-state index contributed by atoms with van der Waals surface area (Å²) in [5, 5.41) is 10.4. The van der Waals surface area contributed by atoms with Crippen LogP contribution in [-0.4, -0.2) is 29.8 Å². The third-order valence-electron chi connectivity index (χ3n) is 2.57. The molecule has 0 saturated carbocycles. The highest BCUT2D eigenvalue weighted by Crippen LogP contribution is 2.12. The molecule has 0 aliphatic carbocycles. The lowest BCUT2D eigenvalue weighted by molar-refractivity contribution is 0.561. The van der Waals surface area contributed by atoms with Crippen LogP contribution in [0.25, 0.3) is 0 Å². The largest absolute Gasteiger partial charge is 0.329 e. The van der Waals surface area contributed by atoms with Gasteiger partial charge in [0.15, 0.2) is 0 Å². The molecule has 0 saturated heterocycles. The molecule has 0 spiro atoms. The van der Waals surface area contributed by atoms with Gasteiger partial charge in [-0.05, 0) is 31.4 Å². The SMILES string of the molecule is CNC(CN)Cc1c[nH]nc1CC(C)C. The van der Waals surface area contributed by atoms with Crippen molar-refractivity contribution in [3.63, 3.8) is 0 Å². The smallest absolute Gasteiger partial charge is 0.0657 e. The Morgan fingerprint density at radius 1 is 1.47 bits per heavy atom. The van der Waals surface area contributed by atoms with Gasteiger partial charge in [0, 0.05) is 18.8 Å². The van der Waals surface area contributed by atoms with Gasteiger partial charge in [-0.15, -0.1) is 0 Å². The van der Waals surface area contributed by atoms with E-state index in [9.17, 15) is 0 Å². The first-order chi connectivity index (χ1) is 7.17. The second-order valence-electron chi connectivity index (χ2n) is 4.38. The first-order valence-corrected chi connectivity index (χ1v) is 5.56. The number of hydrogen-bond donors (Lipinski definition) is 3. The van der Waals surface area contributed by atoms with Crippen LogP contribution in [0.5, 0.6) is 0 Å². The van der Waals surface area contributed by atoms with Crippen molar-refractivity contribution in [2.24, 2.45) is 11.7 Å². The summed E-state index contributed by atoms with van der Waals surface area (Å²) < 4.78 is 0. The fourth-order valence-electron chi connectivity index (χ4n) is 1.65. The van der Waals surface area contributed by atoms with E-state index in [1.807, 2.05) is 13.2 Å². The zero-order chi connectivity index (χ0) is 11.3. The van der Waals surface area contributed by atoms with Gasteiger partial charge >= 0.3 is 0 Å². The monoisotopic (exact) mass is 210 g/mol. The summed E-state index contributed by atoms with van der Waals surface area (Å²) in [5.74, 6) is 0.637. The quantitative estimate of drug-likeness (QED) is 0.647. The minimum Gasteiger partial charge on any atom is -0.329 e. The molecule has 1 heterocycles. The lowest BCUT2D eigenvalue weighted by Gasteiger charge is -2.13. The van der Waals surface area contributed by atoms with Crippen molar-refractivity contribution in [3.8, 4) is 0 Å². The Hall–Kier alpha value is -0.870. The molecule has 0 aromatic carbocycles. The molecule has 1 atom stereocenters. The molecule has 4 nitrogen and oxygen atoms in total. The molecule has 1 rings (SSSR count). The summed E-state index contributed by atoms with van der Waals surface area (Å²) >= 11 is 0. The van der Waals surface area contributed by atoms with Gasteiger partial charge in [0.2, 0.25) is 0 Å². The second-order valence-corrected chi connectivity index (χ2v) is 4.38. The summed E-state index contributed by atoms with van der Waals surface area (Å²) in [5.41, 5.74) is 8.12. The van der Waals surface area contributed by atoms with Crippen molar-refractivity contribution in [2.75, 3.05) is 13.6 Å². The van der Waals surface area contributed by atoms with Crippen molar-refractivity contribution >= 4 is 0 Å². The van der Waals surface area contributed by atoms with Gasteiger partial charge in [0.1, 0.15) is 0 Å². The fourth-order valence-corrected chi connectivity index (χ4v) is 1.65. The van der Waals surface area contributed by atoms with Gasteiger partial charge in [-0.25, -0.2) is 0 Å². The molecule has 86 valence electrons. The third kappa shape index (κ3) is 3.64. The maximum atomic E-state index is 5.66. The van der Waals surface area contributed by atoms with E-state index in [1.54, 1.807) is 0 Å². The van der Waals surface area contributed by atoms with E-state index < -0.39 is 0 Å². The number of likely N-dealkylation sites (N-methyl/N-ethyl adjacent to an activating group) is 1. The predicted molar refractivity (Wildman–Crippen MR) is 62.7 cm³/mol. The maximum Gasteiger partial charge on any atom is 0.0657 e. The van der Waals surface area contributed by atoms with Crippen LogP contribution >= 0.6 is 0 Å². The van der Waals surface area contributed by atoms with E-state index in [2.05, 4.69) is 29.4 Å². The highest BCUT2D eigenvalue weighted by atomic mass is 15.1. The molecule has 0 bridgehead atoms. The molecule has 4 N–H and O–H groups in total. The standard InChI is InChI=1S/C11H22N4/c1-8(2)4-11-9(7-14-15-11)5-10(6-12)13-3/h7-8,10,13H,4-6,12H2,1-3H3,(H,14,15). The van der Waals surface area contributed by atoms with Crippen LogP contribution in [0, 0.1) is 5.92 Å². The predicted octanol–water partition coefficient (Wildman–Crippen LogP) is 0.697. The number of aromatic amines is 1. The number of rotatable bonds is 6. The summed E-state index contributed by atoms with van der Waals surface area (Å²) in [4.78, 5) is 0. The molecule has 0 aliphatic heterocycles. The van der Waals surface area contributed by atoms with Gasteiger partial charge in [-0.2, -0.15) is 5.10 Å². The van der Waals surface area contributed by atoms with Gasteiger partial charge < -0.3 is 11.1 Å². The van der Waals surface area contributed by atoms with Gasteiger partial charge in [-0.1, -0.05) is 13.8 Å². The molecule has 4 heteroatoms. The van der Waals surface area contributed by atoms with Crippen LogP contribution in [0.2, 0.25) is 0 Å². The van der Waals surface area contributed by atoms with E-state index in [1.165, 1.54) is 11.3 Å². The lowest BCUT2D eigenvalue weighted by Crippen LogP contribution is -2.35. The molecule has 0 aliphatic rings. The molecular weight excluding hydrogens is 188 g/mol. The van der Waals surface area contributed by atoms with E-state index in [-0.39, 0.29) is 0 Å². The zero-order valence-corrected chi connectivity index (χ0v) is 9.88. The summed E-state index contributed by atoms with van der Waals surface area (Å²) in [6.07, 6.45) is 3.96. The van der Waals surface area contributed by atoms with Gasteiger partial charge in [-0.3, -0.25) is 5.10 Å². The topological polar surface area (TPSA) is 66.7 Å². The van der Waals surface area contributed by atoms with Crippen LogP contribution in [0.1, 0.15) is 25.1 Å². The number of hydrogen-bond acceptors (Lipinski definition) is 3. The van der Waals surface area contributed by atoms with Crippen molar-refractivity contribution < 1.29 is 0 Å². The van der Waals surface area contributed by atoms with Crippen LogP contribution in [0.15, 0.2) is 6.20 Å². The van der Waals surface area contributed by atoms with Gasteiger partial charge in [0.25, 0.3) is 0 Å². The van der Waals surface area contributed by atoms with Crippen molar-refractivity contribution in [3.05, 3.63) is 17.5 Å². The minimum absolute atomic E-state index is 0.341. The zero-order valence-electron chi connectivity index (χ0n) is 9.88. The molecule has 1 unspecified atom stereocenters. The number of nitrogens with one attached hydrogen (secondary N) is 2. The lowest BCUT2D eigenvalue weighted by atomic mass is 10.0. The van der Waals surface area contributed by atoms with Crippen LogP contribution in [0.4, 0.5) is 0 Å². The van der Waals surface area contributed by atoms with Crippen molar-refractivity contribution in [1.29, 1.82) is 0 Å². The van der Waals surface area contributed by atoms with Crippen LogP contribution in [-0.2, 0) is 12.8 Å². The number of aromatic nitrogens is 2. The second kappa shape index (κ2) is 5.88. The molecule has 1 aromatic rings. The Morgan fingerprint density at radius 3 is 2.73 bits per heavy atom. The number of nitrogens with zero attached hydrogens (tertiary/aromatic N) is 1. The average Bonchev–Trinajstić information content (AvgIpc) is 2.61. The first kappa shape index (κ1) is 12.2. The Bertz CT molecular complexity index is 276. The number of H-pyrrole nitrogens is 1. The van der Waals surface area contributed by atoms with Crippen LogP contribution in [0.3, 0.4) is 0 Å². The maximum absolute atomic E-state index is 5.66. The molecule has 15 heavy (non-hydrogen) atoms. The van der Waals surface area contributed by atoms with E-state index in [0.717, 1.165) is 12.8 Å². The summed E-state index contributed by atoms with van der Waals surface area (Å²) in [6, 6.07) is 0.341. The van der Waals surface area contributed by atoms with Crippen LogP contribution < -0.4 is 11.1 Å². The Kier molecular flexibility index (Phi) is 4.78. The summed E-state index contributed by atoms with van der Waals surface area (Å²) in [7, 11) is 1.94. The van der Waals surface area contributed by atoms with E-state index >= 15 is 0 Å². The first-order valence-electron chi connectivity index (χ1n) is 5.56. The normalized spacial score (nSPS) is 13.4. The highest BCUT2D eigenvalue weighted by Gasteiger charge is 2.11. The number of nitrogens with two attached hydrogens (primary N) is 1. The molecule has 0 radical (unpaired) electrons. The molecule has 0 amide bonds. The molecule has 1 aromatic heterocycles. The van der Waals surface area contributed by atoms with E-state index in [0.29, 0.717) is 18.5 Å². The Balaban J connectivity index is 2.63. The molecule has 0 fully saturated rings. The highest BCUT2D eigenvalue weighted by molar-refractivity contribution is 5.18. The van der Waals surface area contributed by atoms with Crippen molar-refractivity contribution in [1.82, 2.24) is 15.5 Å². The fraction of sp³-hybridized carbons (Fsp3) is 0.727. The Labute approximate surface area is 91.6 Å². The average molecular weight is 210 g/mol. The third-order valence-corrected chi connectivity index (χ3v) is 2.57. The minimum atomic E-state index is 0.341. The Morgan fingerprint density at radius 2 is 2.20 bits per heavy atom. The van der Waals surface area contributed by atoms with E-state index in [4.69, 9.17) is 5.73 Å². The van der Waals surface area contributed by atoms with Gasteiger partial charge in [0.05, 0.1) is 5.69 Å². The summed E-state index contributed by atoms with van der Waals surface area (Å²) in [6.45, 7) is 5.07.